The molecule has 0 radical (unpaired) electrons. The molecule has 3 aliphatic rings. The maximum absolute atomic E-state index is 13.4. The third-order valence-corrected chi connectivity index (χ3v) is 5.37. The van der Waals surface area contributed by atoms with Crippen LogP contribution in [0.4, 0.5) is 15.8 Å². The standard InChI is InChI=1S/C18H15FN2O4/c1-8(2)14-10-4-5-11(14)16-15(10)17(22)20(18(16)23)12-6-3-9(19)7-13(12)21(24)25/h3-7,10-11,15-16H,1-2H3/t10-,11-,15+,16+/m1/s1. The van der Waals surface area contributed by atoms with Gasteiger partial charge in [-0.3, -0.25) is 19.7 Å². The van der Waals surface area contributed by atoms with Crippen LogP contribution in [0, 0.1) is 39.6 Å². The molecule has 1 saturated heterocycles. The molecule has 1 aromatic rings. The van der Waals surface area contributed by atoms with Gasteiger partial charge in [0.1, 0.15) is 11.5 Å². The monoisotopic (exact) mass is 342 g/mol. The van der Waals surface area contributed by atoms with Crippen LogP contribution in [0.3, 0.4) is 0 Å². The average Bonchev–Trinajstić information content (AvgIpc) is 3.18. The van der Waals surface area contributed by atoms with Gasteiger partial charge < -0.3 is 0 Å². The highest BCUT2D eigenvalue weighted by atomic mass is 19.1. The molecule has 25 heavy (non-hydrogen) atoms. The number of rotatable bonds is 2. The number of anilines is 1. The Balaban J connectivity index is 1.81. The maximum atomic E-state index is 13.4. The highest BCUT2D eigenvalue weighted by Crippen LogP contribution is 2.57. The summed E-state index contributed by atoms with van der Waals surface area (Å²) in [4.78, 5) is 37.2. The minimum atomic E-state index is -0.789. The number of fused-ring (bicyclic) bond motifs is 5. The van der Waals surface area contributed by atoms with Crippen molar-refractivity contribution in [3.05, 3.63) is 57.4 Å². The summed E-state index contributed by atoms with van der Waals surface area (Å²) in [6.07, 6.45) is 3.89. The Kier molecular flexibility index (Phi) is 3.19. The number of amides is 2. The molecular weight excluding hydrogens is 327 g/mol. The first-order valence-electron chi connectivity index (χ1n) is 8.00. The summed E-state index contributed by atoms with van der Waals surface area (Å²) in [6, 6.07) is 2.88. The quantitative estimate of drug-likeness (QED) is 0.358. The molecule has 1 aliphatic heterocycles. The normalized spacial score (nSPS) is 29.6. The Morgan fingerprint density at radius 2 is 1.68 bits per heavy atom. The van der Waals surface area contributed by atoms with Gasteiger partial charge in [-0.15, -0.1) is 0 Å². The van der Waals surface area contributed by atoms with Crippen LogP contribution in [0.25, 0.3) is 0 Å². The van der Waals surface area contributed by atoms with Crippen LogP contribution in [0.1, 0.15) is 13.8 Å². The smallest absolute Gasteiger partial charge is 0.274 e. The SMILES string of the molecule is CC(C)=C1[C@H]2C=C[C@H]1[C@@H]1C(=O)N(c3ccc(F)cc3[N+](=O)[O-])C(=O)[C@H]12. The average molecular weight is 342 g/mol. The van der Waals surface area contributed by atoms with Crippen LogP contribution in [0.15, 0.2) is 41.5 Å². The lowest BCUT2D eigenvalue weighted by molar-refractivity contribution is -0.384. The summed E-state index contributed by atoms with van der Waals surface area (Å²) in [5.41, 5.74) is 1.46. The van der Waals surface area contributed by atoms with E-state index in [0.717, 1.165) is 34.2 Å². The van der Waals surface area contributed by atoms with Gasteiger partial charge in [0, 0.05) is 11.8 Å². The maximum Gasteiger partial charge on any atom is 0.296 e. The number of hydrogen-bond acceptors (Lipinski definition) is 4. The van der Waals surface area contributed by atoms with E-state index in [2.05, 4.69) is 0 Å². The fraction of sp³-hybridized carbons (Fsp3) is 0.333. The van der Waals surface area contributed by atoms with Crippen LogP contribution in [0.5, 0.6) is 0 Å². The molecule has 0 N–H and O–H groups in total. The fourth-order valence-electron chi connectivity index (χ4n) is 4.50. The van der Waals surface area contributed by atoms with Gasteiger partial charge in [0.05, 0.1) is 22.8 Å². The van der Waals surface area contributed by atoms with Crippen molar-refractivity contribution in [2.75, 3.05) is 4.90 Å². The van der Waals surface area contributed by atoms with E-state index in [4.69, 9.17) is 0 Å². The third-order valence-electron chi connectivity index (χ3n) is 5.37. The van der Waals surface area contributed by atoms with Crippen LogP contribution in [-0.4, -0.2) is 16.7 Å². The number of halogens is 1. The Hall–Kier alpha value is -2.83. The van der Waals surface area contributed by atoms with E-state index in [1.807, 2.05) is 26.0 Å². The zero-order chi connectivity index (χ0) is 18.0. The number of hydrogen-bond donors (Lipinski definition) is 0. The molecular formula is C18H15FN2O4. The number of nitrogens with zero attached hydrogens (tertiary/aromatic N) is 2. The van der Waals surface area contributed by atoms with Crippen molar-refractivity contribution in [3.63, 3.8) is 0 Å². The number of carbonyl (C=O) groups excluding carboxylic acids is 2. The topological polar surface area (TPSA) is 80.5 Å². The third kappa shape index (κ3) is 1.95. The van der Waals surface area contributed by atoms with Crippen molar-refractivity contribution in [1.82, 2.24) is 0 Å². The number of nitro groups is 1. The number of carbonyl (C=O) groups is 2. The predicted molar refractivity (Wildman–Crippen MR) is 87.0 cm³/mol. The molecule has 2 bridgehead atoms. The summed E-state index contributed by atoms with van der Waals surface area (Å²) in [5.74, 6) is -3.01. The molecule has 0 unspecified atom stereocenters. The molecule has 0 spiro atoms. The van der Waals surface area contributed by atoms with Gasteiger partial charge in [-0.1, -0.05) is 23.3 Å². The molecule has 2 fully saturated rings. The molecule has 1 heterocycles. The number of benzene rings is 1. The van der Waals surface area contributed by atoms with E-state index in [1.165, 1.54) is 0 Å². The molecule has 4 atom stereocenters. The number of imide groups is 1. The minimum absolute atomic E-state index is 0.138. The summed E-state index contributed by atoms with van der Waals surface area (Å²) >= 11 is 0. The first-order valence-corrected chi connectivity index (χ1v) is 8.00. The second-order valence-corrected chi connectivity index (χ2v) is 6.85. The van der Waals surface area contributed by atoms with Gasteiger partial charge in [0.15, 0.2) is 0 Å². The lowest BCUT2D eigenvalue weighted by Gasteiger charge is -2.19. The van der Waals surface area contributed by atoms with Gasteiger partial charge in [-0.25, -0.2) is 9.29 Å². The van der Waals surface area contributed by atoms with Crippen molar-refractivity contribution < 1.29 is 18.9 Å². The molecule has 128 valence electrons. The zero-order valence-electron chi connectivity index (χ0n) is 13.6. The van der Waals surface area contributed by atoms with Crippen LogP contribution >= 0.6 is 0 Å². The highest BCUT2D eigenvalue weighted by Gasteiger charge is 2.62. The summed E-state index contributed by atoms with van der Waals surface area (Å²) in [5, 5.41) is 11.2. The van der Waals surface area contributed by atoms with Gasteiger partial charge in [0.25, 0.3) is 5.69 Å². The highest BCUT2D eigenvalue weighted by molar-refractivity contribution is 6.24. The largest absolute Gasteiger partial charge is 0.296 e. The van der Waals surface area contributed by atoms with Crippen molar-refractivity contribution >= 4 is 23.2 Å². The predicted octanol–water partition coefficient (Wildman–Crippen LogP) is 2.99. The Morgan fingerprint density at radius 1 is 1.12 bits per heavy atom. The molecule has 6 nitrogen and oxygen atoms in total. The summed E-state index contributed by atoms with van der Waals surface area (Å²) < 4.78 is 13.4. The van der Waals surface area contributed by atoms with E-state index in [0.29, 0.717) is 0 Å². The first-order chi connectivity index (χ1) is 11.8. The molecule has 4 rings (SSSR count). The van der Waals surface area contributed by atoms with E-state index in [1.54, 1.807) is 0 Å². The number of nitro benzene ring substituents is 1. The first kappa shape index (κ1) is 15.7. The van der Waals surface area contributed by atoms with Crippen molar-refractivity contribution in [3.8, 4) is 0 Å². The Labute approximate surface area is 142 Å². The van der Waals surface area contributed by atoms with Crippen molar-refractivity contribution in [1.29, 1.82) is 0 Å². The molecule has 1 saturated carbocycles. The van der Waals surface area contributed by atoms with E-state index in [-0.39, 0.29) is 17.5 Å². The van der Waals surface area contributed by atoms with Crippen LogP contribution < -0.4 is 4.90 Å². The van der Waals surface area contributed by atoms with Gasteiger partial charge in [0.2, 0.25) is 11.8 Å². The lowest BCUT2D eigenvalue weighted by atomic mass is 9.85. The minimum Gasteiger partial charge on any atom is -0.274 e. The van der Waals surface area contributed by atoms with Crippen LogP contribution in [0.2, 0.25) is 0 Å². The van der Waals surface area contributed by atoms with E-state index < -0.39 is 40.1 Å². The molecule has 7 heteroatoms. The second kappa shape index (κ2) is 5.08. The van der Waals surface area contributed by atoms with E-state index >= 15 is 0 Å². The van der Waals surface area contributed by atoms with Crippen LogP contribution in [-0.2, 0) is 9.59 Å². The lowest BCUT2D eigenvalue weighted by Crippen LogP contribution is -2.33. The molecule has 2 amide bonds. The van der Waals surface area contributed by atoms with Gasteiger partial charge in [-0.05, 0) is 26.0 Å². The zero-order valence-corrected chi connectivity index (χ0v) is 13.6. The molecule has 1 aromatic carbocycles. The summed E-state index contributed by atoms with van der Waals surface area (Å²) in [7, 11) is 0. The summed E-state index contributed by atoms with van der Waals surface area (Å²) in [6.45, 7) is 3.92. The van der Waals surface area contributed by atoms with Gasteiger partial charge >= 0.3 is 0 Å². The fourth-order valence-corrected chi connectivity index (χ4v) is 4.50. The van der Waals surface area contributed by atoms with Crippen molar-refractivity contribution in [2.24, 2.45) is 23.7 Å². The second-order valence-electron chi connectivity index (χ2n) is 6.85. The van der Waals surface area contributed by atoms with Gasteiger partial charge in [-0.2, -0.15) is 0 Å². The van der Waals surface area contributed by atoms with E-state index in [9.17, 15) is 24.1 Å². The molecule has 0 aromatic heterocycles. The Bertz CT molecular complexity index is 866. The van der Waals surface area contributed by atoms with Crippen molar-refractivity contribution in [2.45, 2.75) is 13.8 Å². The molecule has 2 aliphatic carbocycles. The Morgan fingerprint density at radius 3 is 2.16 bits per heavy atom. The number of allylic oxidation sites excluding steroid dienone is 4.